The van der Waals surface area contributed by atoms with Gasteiger partial charge in [-0.1, -0.05) is 54.5 Å². The second-order valence-corrected chi connectivity index (χ2v) is 12.3. The quantitative estimate of drug-likeness (QED) is 0.185. The Bertz CT molecular complexity index is 1630. The van der Waals surface area contributed by atoms with E-state index in [9.17, 15) is 17.6 Å². The van der Waals surface area contributed by atoms with Crippen molar-refractivity contribution in [1.29, 1.82) is 0 Å². The molecule has 1 fully saturated rings. The van der Waals surface area contributed by atoms with E-state index in [-0.39, 0.29) is 23.6 Å². The van der Waals surface area contributed by atoms with Gasteiger partial charge in [0.05, 0.1) is 33.4 Å². The molecule has 4 unspecified atom stereocenters. The van der Waals surface area contributed by atoms with Crippen molar-refractivity contribution >= 4 is 17.4 Å². The lowest BCUT2D eigenvalue weighted by molar-refractivity contribution is -0.185. The van der Waals surface area contributed by atoms with Crippen LogP contribution in [0.3, 0.4) is 0 Å². The Morgan fingerprint density at radius 2 is 1.80 bits per heavy atom. The van der Waals surface area contributed by atoms with E-state index in [1.165, 1.54) is 29.0 Å². The fraction of sp³-hybridized carbons (Fsp3) is 0.312. The number of hydrogen-bond donors (Lipinski definition) is 0. The number of halogens is 4. The number of thiazole rings is 1. The SMILES string of the molecule is CC12Cc3cnn(-c4ccc(F)cc4)c3C=C1CCC1C2=CCC(C(F)(F)F)C1c1ncc(-c2ccccc2)s1. The Morgan fingerprint density at radius 1 is 1.02 bits per heavy atom. The third kappa shape index (κ3) is 4.07. The van der Waals surface area contributed by atoms with E-state index in [0.29, 0.717) is 24.3 Å². The lowest BCUT2D eigenvalue weighted by Gasteiger charge is -2.51. The van der Waals surface area contributed by atoms with Crippen molar-refractivity contribution < 1.29 is 17.6 Å². The van der Waals surface area contributed by atoms with Crippen LogP contribution < -0.4 is 0 Å². The molecule has 40 heavy (non-hydrogen) atoms. The van der Waals surface area contributed by atoms with E-state index in [0.717, 1.165) is 33.0 Å². The Kier molecular flexibility index (Phi) is 5.89. The van der Waals surface area contributed by atoms with Crippen LogP contribution in [0.5, 0.6) is 0 Å². The molecule has 0 saturated heterocycles. The minimum atomic E-state index is -4.31. The number of hydrogen-bond acceptors (Lipinski definition) is 3. The van der Waals surface area contributed by atoms with Crippen LogP contribution in [0.2, 0.25) is 0 Å². The normalized spacial score (nSPS) is 25.9. The molecule has 0 radical (unpaired) electrons. The number of benzene rings is 2. The Balaban J connectivity index is 1.27. The highest BCUT2D eigenvalue weighted by molar-refractivity contribution is 7.15. The van der Waals surface area contributed by atoms with E-state index in [2.05, 4.69) is 23.1 Å². The maximum absolute atomic E-state index is 14.5. The first kappa shape index (κ1) is 25.4. The van der Waals surface area contributed by atoms with Gasteiger partial charge >= 0.3 is 6.18 Å². The summed E-state index contributed by atoms with van der Waals surface area (Å²) in [6.45, 7) is 2.18. The third-order valence-electron chi connectivity index (χ3n) is 9.03. The zero-order valence-corrected chi connectivity index (χ0v) is 22.6. The molecule has 3 nitrogen and oxygen atoms in total. The van der Waals surface area contributed by atoms with Crippen LogP contribution in [0, 0.1) is 23.1 Å². The van der Waals surface area contributed by atoms with Crippen LogP contribution >= 0.6 is 11.3 Å². The van der Waals surface area contributed by atoms with E-state index in [4.69, 9.17) is 0 Å². The first-order chi connectivity index (χ1) is 19.2. The van der Waals surface area contributed by atoms with Crippen LogP contribution in [0.15, 0.2) is 84.2 Å². The summed E-state index contributed by atoms with van der Waals surface area (Å²) < 4.78 is 58.8. The molecule has 7 rings (SSSR count). The molecule has 3 aliphatic rings. The number of nitrogens with zero attached hydrogens (tertiary/aromatic N) is 3. The van der Waals surface area contributed by atoms with E-state index in [1.807, 2.05) is 47.3 Å². The molecule has 0 aliphatic heterocycles. The van der Waals surface area contributed by atoms with Gasteiger partial charge in [0, 0.05) is 17.5 Å². The van der Waals surface area contributed by atoms with E-state index < -0.39 is 18.0 Å². The van der Waals surface area contributed by atoms with Gasteiger partial charge in [0.15, 0.2) is 0 Å². The molecule has 4 atom stereocenters. The van der Waals surface area contributed by atoms with Gasteiger partial charge in [0.1, 0.15) is 5.82 Å². The summed E-state index contributed by atoms with van der Waals surface area (Å²) >= 11 is 1.39. The van der Waals surface area contributed by atoms with Crippen molar-refractivity contribution in [3.8, 4) is 16.1 Å². The van der Waals surface area contributed by atoms with Gasteiger partial charge in [0.25, 0.3) is 0 Å². The van der Waals surface area contributed by atoms with Crippen molar-refractivity contribution in [2.24, 2.45) is 17.3 Å². The largest absolute Gasteiger partial charge is 0.392 e. The lowest BCUT2D eigenvalue weighted by atomic mass is 9.54. The van der Waals surface area contributed by atoms with E-state index >= 15 is 0 Å². The summed E-state index contributed by atoms with van der Waals surface area (Å²) in [6.07, 6.45) is 5.30. The first-order valence-electron chi connectivity index (χ1n) is 13.5. The van der Waals surface area contributed by atoms with Crippen molar-refractivity contribution in [1.82, 2.24) is 14.8 Å². The maximum Gasteiger partial charge on any atom is 0.392 e. The summed E-state index contributed by atoms with van der Waals surface area (Å²) in [5, 5.41) is 5.18. The van der Waals surface area contributed by atoms with Gasteiger partial charge in [0.2, 0.25) is 0 Å². The highest BCUT2D eigenvalue weighted by atomic mass is 32.1. The van der Waals surface area contributed by atoms with Crippen LogP contribution in [0.25, 0.3) is 22.2 Å². The maximum atomic E-state index is 14.5. The van der Waals surface area contributed by atoms with Gasteiger partial charge in [-0.05, 0) is 73.1 Å². The van der Waals surface area contributed by atoms with Gasteiger partial charge < -0.3 is 0 Å². The van der Waals surface area contributed by atoms with Crippen molar-refractivity contribution in [3.63, 3.8) is 0 Å². The summed E-state index contributed by atoms with van der Waals surface area (Å²) in [6, 6.07) is 16.0. The molecule has 0 spiro atoms. The standard InChI is InChI=1S/C32H27F4N3S/c1-31-16-20-17-38-39(23-10-8-22(33)9-11-23)27(20)15-21(31)7-12-24-25(31)13-14-26(32(34,35)36)29(24)30-37-18-28(40-30)19-5-3-2-4-6-19/h2-6,8-11,13,15,17-18,24,26,29H,7,12,14,16H2,1H3. The van der Waals surface area contributed by atoms with E-state index in [1.54, 1.807) is 18.3 Å². The van der Waals surface area contributed by atoms with Crippen molar-refractivity contribution in [2.45, 2.75) is 44.7 Å². The molecule has 8 heteroatoms. The summed E-state index contributed by atoms with van der Waals surface area (Å²) in [7, 11) is 0. The first-order valence-corrected chi connectivity index (χ1v) is 14.4. The highest BCUT2D eigenvalue weighted by Crippen LogP contribution is 2.61. The van der Waals surface area contributed by atoms with Gasteiger partial charge in [-0.25, -0.2) is 14.1 Å². The number of aromatic nitrogens is 3. The Labute approximate surface area is 233 Å². The summed E-state index contributed by atoms with van der Waals surface area (Å²) in [5.41, 5.74) is 5.71. The van der Waals surface area contributed by atoms with Crippen LogP contribution in [-0.2, 0) is 6.42 Å². The molecule has 204 valence electrons. The average Bonchev–Trinajstić information content (AvgIpc) is 3.59. The average molecular weight is 562 g/mol. The zero-order valence-electron chi connectivity index (χ0n) is 21.8. The molecule has 4 aromatic rings. The summed E-state index contributed by atoms with van der Waals surface area (Å²) in [4.78, 5) is 5.51. The molecule has 2 aromatic heterocycles. The second-order valence-electron chi connectivity index (χ2n) is 11.3. The minimum Gasteiger partial charge on any atom is -0.249 e. The number of alkyl halides is 3. The van der Waals surface area contributed by atoms with Crippen LogP contribution in [-0.4, -0.2) is 20.9 Å². The molecule has 0 bridgehead atoms. The fourth-order valence-electron chi connectivity index (χ4n) is 7.09. The third-order valence-corrected chi connectivity index (χ3v) is 10.2. The number of fused-ring (bicyclic) bond motifs is 4. The molecular formula is C32H27F4N3S. The molecule has 0 amide bonds. The lowest BCUT2D eigenvalue weighted by Crippen LogP contribution is -2.44. The summed E-state index contributed by atoms with van der Waals surface area (Å²) in [5.74, 6) is -2.69. The van der Waals surface area contributed by atoms with Gasteiger partial charge in [-0.2, -0.15) is 18.3 Å². The molecule has 3 aliphatic carbocycles. The fourth-order valence-corrected chi connectivity index (χ4v) is 8.24. The topological polar surface area (TPSA) is 30.7 Å². The van der Waals surface area contributed by atoms with Gasteiger partial charge in [-0.15, -0.1) is 11.3 Å². The molecule has 1 saturated carbocycles. The van der Waals surface area contributed by atoms with Crippen LogP contribution in [0.4, 0.5) is 17.6 Å². The molecular weight excluding hydrogens is 534 g/mol. The zero-order chi connectivity index (χ0) is 27.6. The monoisotopic (exact) mass is 561 g/mol. The highest BCUT2D eigenvalue weighted by Gasteiger charge is 2.55. The predicted octanol–water partition coefficient (Wildman–Crippen LogP) is 8.78. The second kappa shape index (κ2) is 9.26. The van der Waals surface area contributed by atoms with Gasteiger partial charge in [-0.3, -0.25) is 0 Å². The van der Waals surface area contributed by atoms with Crippen LogP contribution in [0.1, 0.15) is 48.4 Å². The molecule has 2 heterocycles. The minimum absolute atomic E-state index is 0.0369. The number of rotatable bonds is 3. The Hall–Kier alpha value is -3.52. The molecule has 2 aromatic carbocycles. The smallest absolute Gasteiger partial charge is 0.249 e. The Morgan fingerprint density at radius 3 is 2.55 bits per heavy atom. The van der Waals surface area contributed by atoms with Crippen molar-refractivity contribution in [2.75, 3.05) is 0 Å². The predicted molar refractivity (Wildman–Crippen MR) is 149 cm³/mol. The van der Waals surface area contributed by atoms with Crippen molar-refractivity contribution in [3.05, 3.63) is 106 Å². The molecule has 0 N–H and O–H groups in total. The number of allylic oxidation sites excluding steroid dienone is 3.